The van der Waals surface area contributed by atoms with Crippen LogP contribution in [0.15, 0.2) is 18.2 Å². The van der Waals surface area contributed by atoms with Crippen LogP contribution in [-0.2, 0) is 13.6 Å². The molecule has 16 heavy (non-hydrogen) atoms. The van der Waals surface area contributed by atoms with Crippen molar-refractivity contribution in [3.05, 3.63) is 34.9 Å². The van der Waals surface area contributed by atoms with Gasteiger partial charge < -0.3 is 10.3 Å². The number of halogens is 2. The molecule has 4 nitrogen and oxygen atoms in total. The fourth-order valence-electron chi connectivity index (χ4n) is 1.44. The molecule has 6 heteroatoms. The second-order valence-electron chi connectivity index (χ2n) is 3.33. The Labute approximate surface area is 96.9 Å². The van der Waals surface area contributed by atoms with Crippen molar-refractivity contribution in [2.45, 2.75) is 6.54 Å². The van der Waals surface area contributed by atoms with Gasteiger partial charge in [-0.2, -0.15) is 0 Å². The smallest absolute Gasteiger partial charge is 0.165 e. The summed E-state index contributed by atoms with van der Waals surface area (Å²) < 4.78 is 14.6. The Hall–Kier alpha value is -1.46. The van der Waals surface area contributed by atoms with Crippen LogP contribution in [0.5, 0.6) is 0 Å². The van der Waals surface area contributed by atoms with Gasteiger partial charge in [0, 0.05) is 12.6 Å². The molecule has 0 atom stereocenters. The number of hydrogen-bond donors (Lipinski definition) is 1. The molecule has 0 spiro atoms. The maximum atomic E-state index is 12.9. The second kappa shape index (κ2) is 4.19. The maximum Gasteiger partial charge on any atom is 0.165 e. The van der Waals surface area contributed by atoms with Crippen LogP contribution in [0.2, 0.25) is 5.02 Å². The lowest BCUT2D eigenvalue weighted by atomic mass is 10.2. The first-order valence-corrected chi connectivity index (χ1v) is 5.05. The van der Waals surface area contributed by atoms with E-state index in [9.17, 15) is 4.39 Å². The van der Waals surface area contributed by atoms with Crippen LogP contribution < -0.4 is 5.73 Å². The molecule has 0 saturated carbocycles. The maximum absolute atomic E-state index is 12.9. The lowest BCUT2D eigenvalue weighted by molar-refractivity contribution is 0.628. The van der Waals surface area contributed by atoms with Crippen molar-refractivity contribution in [2.75, 3.05) is 0 Å². The van der Waals surface area contributed by atoms with E-state index < -0.39 is 0 Å². The summed E-state index contributed by atoms with van der Waals surface area (Å²) in [7, 11) is 1.79. The minimum atomic E-state index is -0.380. The van der Waals surface area contributed by atoms with Crippen LogP contribution in [0, 0.1) is 5.82 Å². The molecule has 0 bridgehead atoms. The number of rotatable bonds is 2. The van der Waals surface area contributed by atoms with Crippen molar-refractivity contribution in [3.63, 3.8) is 0 Å². The van der Waals surface area contributed by atoms with E-state index in [0.717, 1.165) is 0 Å². The Morgan fingerprint density at radius 2 is 2.19 bits per heavy atom. The third-order valence-corrected chi connectivity index (χ3v) is 2.63. The lowest BCUT2D eigenvalue weighted by Crippen LogP contribution is -2.05. The first-order valence-electron chi connectivity index (χ1n) is 4.67. The molecule has 0 aliphatic rings. The molecular formula is C10H10ClFN4. The molecule has 0 amide bonds. The van der Waals surface area contributed by atoms with Gasteiger partial charge in [-0.1, -0.05) is 11.6 Å². The molecule has 1 heterocycles. The molecule has 0 radical (unpaired) electrons. The molecule has 1 aromatic carbocycles. The molecule has 1 aromatic heterocycles. The Morgan fingerprint density at radius 3 is 2.75 bits per heavy atom. The predicted molar refractivity (Wildman–Crippen MR) is 59.3 cm³/mol. The van der Waals surface area contributed by atoms with Gasteiger partial charge in [-0.3, -0.25) is 0 Å². The minimum absolute atomic E-state index is 0.294. The molecule has 2 aromatic rings. The van der Waals surface area contributed by atoms with E-state index >= 15 is 0 Å². The highest BCUT2D eigenvalue weighted by Gasteiger charge is 2.12. The highest BCUT2D eigenvalue weighted by molar-refractivity contribution is 6.33. The molecular weight excluding hydrogens is 231 g/mol. The van der Waals surface area contributed by atoms with Gasteiger partial charge in [-0.15, -0.1) is 10.2 Å². The summed E-state index contributed by atoms with van der Waals surface area (Å²) >= 11 is 5.94. The third-order valence-electron chi connectivity index (χ3n) is 2.32. The SMILES string of the molecule is Cn1c(CN)nnc1-c1ccc(F)cc1Cl. The van der Waals surface area contributed by atoms with Gasteiger partial charge in [0.25, 0.3) is 0 Å². The van der Waals surface area contributed by atoms with Crippen molar-refractivity contribution in [2.24, 2.45) is 12.8 Å². The quantitative estimate of drug-likeness (QED) is 0.870. The fraction of sp³-hybridized carbons (Fsp3) is 0.200. The molecule has 84 valence electrons. The Balaban J connectivity index is 2.54. The van der Waals surface area contributed by atoms with Gasteiger partial charge in [0.1, 0.15) is 11.6 Å². The van der Waals surface area contributed by atoms with Gasteiger partial charge in [-0.25, -0.2) is 4.39 Å². The summed E-state index contributed by atoms with van der Waals surface area (Å²) in [6, 6.07) is 4.15. The zero-order chi connectivity index (χ0) is 11.7. The summed E-state index contributed by atoms with van der Waals surface area (Å²) in [6.45, 7) is 0.294. The van der Waals surface area contributed by atoms with E-state index in [4.69, 9.17) is 17.3 Å². The second-order valence-corrected chi connectivity index (χ2v) is 3.73. The molecule has 0 unspecified atom stereocenters. The number of aromatic nitrogens is 3. The average Bonchev–Trinajstić information content (AvgIpc) is 2.60. The lowest BCUT2D eigenvalue weighted by Gasteiger charge is -2.04. The van der Waals surface area contributed by atoms with Crippen LogP contribution in [0.1, 0.15) is 5.82 Å². The number of nitrogens with two attached hydrogens (primary N) is 1. The molecule has 0 saturated heterocycles. The molecule has 0 fully saturated rings. The van der Waals surface area contributed by atoms with Crippen molar-refractivity contribution in [1.82, 2.24) is 14.8 Å². The summed E-state index contributed by atoms with van der Waals surface area (Å²) in [5.41, 5.74) is 6.12. The van der Waals surface area contributed by atoms with Crippen LogP contribution in [0.4, 0.5) is 4.39 Å². The molecule has 0 aliphatic heterocycles. The van der Waals surface area contributed by atoms with Crippen LogP contribution >= 0.6 is 11.6 Å². The summed E-state index contributed by atoms with van der Waals surface area (Å²) in [5, 5.41) is 8.19. The number of benzene rings is 1. The average molecular weight is 241 g/mol. The van der Waals surface area contributed by atoms with Gasteiger partial charge in [0.2, 0.25) is 0 Å². The first kappa shape index (κ1) is 11.0. The zero-order valence-corrected chi connectivity index (χ0v) is 9.37. The minimum Gasteiger partial charge on any atom is -0.324 e. The van der Waals surface area contributed by atoms with Gasteiger partial charge in [0.15, 0.2) is 5.82 Å². The highest BCUT2D eigenvalue weighted by Crippen LogP contribution is 2.26. The van der Waals surface area contributed by atoms with Crippen molar-refractivity contribution in [3.8, 4) is 11.4 Å². The molecule has 2 N–H and O–H groups in total. The van der Waals surface area contributed by atoms with E-state index in [-0.39, 0.29) is 5.82 Å². The normalized spacial score (nSPS) is 10.8. The van der Waals surface area contributed by atoms with E-state index in [0.29, 0.717) is 28.8 Å². The van der Waals surface area contributed by atoms with Crippen LogP contribution in [0.3, 0.4) is 0 Å². The van der Waals surface area contributed by atoms with Crippen LogP contribution in [0.25, 0.3) is 11.4 Å². The third kappa shape index (κ3) is 1.79. The zero-order valence-electron chi connectivity index (χ0n) is 8.61. The fourth-order valence-corrected chi connectivity index (χ4v) is 1.70. The first-order chi connectivity index (χ1) is 7.63. The molecule has 0 aliphatic carbocycles. The van der Waals surface area contributed by atoms with Crippen molar-refractivity contribution >= 4 is 11.6 Å². The number of nitrogens with zero attached hydrogens (tertiary/aromatic N) is 3. The van der Waals surface area contributed by atoms with Gasteiger partial charge >= 0.3 is 0 Å². The van der Waals surface area contributed by atoms with Crippen LogP contribution in [-0.4, -0.2) is 14.8 Å². The Bertz CT molecular complexity index is 524. The summed E-state index contributed by atoms with van der Waals surface area (Å²) in [4.78, 5) is 0. The highest BCUT2D eigenvalue weighted by atomic mass is 35.5. The monoisotopic (exact) mass is 240 g/mol. The van der Waals surface area contributed by atoms with Crippen molar-refractivity contribution < 1.29 is 4.39 Å². The predicted octanol–water partition coefficient (Wildman–Crippen LogP) is 1.73. The van der Waals surface area contributed by atoms with E-state index in [1.807, 2.05) is 0 Å². The van der Waals surface area contributed by atoms with Gasteiger partial charge in [-0.05, 0) is 18.2 Å². The number of hydrogen-bond acceptors (Lipinski definition) is 3. The standard InChI is InChI=1S/C10H10ClFN4/c1-16-9(5-13)14-15-10(16)7-3-2-6(12)4-8(7)11/h2-4H,5,13H2,1H3. The van der Waals surface area contributed by atoms with E-state index in [1.54, 1.807) is 17.7 Å². The largest absolute Gasteiger partial charge is 0.324 e. The summed E-state index contributed by atoms with van der Waals surface area (Å²) in [6.07, 6.45) is 0. The van der Waals surface area contributed by atoms with Gasteiger partial charge in [0.05, 0.1) is 11.6 Å². The molecule has 2 rings (SSSR count). The van der Waals surface area contributed by atoms with Crippen molar-refractivity contribution in [1.29, 1.82) is 0 Å². The Morgan fingerprint density at radius 1 is 1.44 bits per heavy atom. The van der Waals surface area contributed by atoms with E-state index in [1.165, 1.54) is 12.1 Å². The summed E-state index contributed by atoms with van der Waals surface area (Å²) in [5.74, 6) is 0.843. The topological polar surface area (TPSA) is 56.7 Å². The van der Waals surface area contributed by atoms with E-state index in [2.05, 4.69) is 10.2 Å². The Kier molecular flexibility index (Phi) is 2.89.